The standard InChI is InChI=1S/C12H21N3O2S/c1-2-3-4-7-10-14-18(16,17)12-9-6-5-8-11(12)15-13/h5-6,8-9,14-15H,2-4,7,10,13H2,1H3. The summed E-state index contributed by atoms with van der Waals surface area (Å²) >= 11 is 0. The molecule has 102 valence electrons. The minimum Gasteiger partial charge on any atom is -0.323 e. The van der Waals surface area contributed by atoms with E-state index in [1.807, 2.05) is 0 Å². The van der Waals surface area contributed by atoms with E-state index in [1.165, 1.54) is 6.07 Å². The number of unbranched alkanes of at least 4 members (excludes halogenated alkanes) is 3. The van der Waals surface area contributed by atoms with Gasteiger partial charge in [0.15, 0.2) is 0 Å². The van der Waals surface area contributed by atoms with Gasteiger partial charge in [-0.3, -0.25) is 5.84 Å². The minimum atomic E-state index is -3.48. The van der Waals surface area contributed by atoms with Gasteiger partial charge < -0.3 is 5.43 Å². The monoisotopic (exact) mass is 271 g/mol. The minimum absolute atomic E-state index is 0.183. The summed E-state index contributed by atoms with van der Waals surface area (Å²) in [5, 5.41) is 0. The topological polar surface area (TPSA) is 84.2 Å². The van der Waals surface area contributed by atoms with Gasteiger partial charge in [0.1, 0.15) is 4.90 Å². The highest BCUT2D eigenvalue weighted by Gasteiger charge is 2.16. The van der Waals surface area contributed by atoms with Crippen LogP contribution in [0.2, 0.25) is 0 Å². The smallest absolute Gasteiger partial charge is 0.242 e. The molecule has 0 bridgehead atoms. The van der Waals surface area contributed by atoms with Crippen molar-refractivity contribution < 1.29 is 8.42 Å². The molecule has 0 unspecified atom stereocenters. The summed E-state index contributed by atoms with van der Waals surface area (Å²) in [7, 11) is -3.48. The first kappa shape index (κ1) is 14.9. The van der Waals surface area contributed by atoms with E-state index in [4.69, 9.17) is 5.84 Å². The second-order valence-electron chi connectivity index (χ2n) is 4.10. The van der Waals surface area contributed by atoms with Crippen LogP contribution in [0.3, 0.4) is 0 Å². The van der Waals surface area contributed by atoms with Crippen LogP contribution < -0.4 is 16.0 Å². The van der Waals surface area contributed by atoms with E-state index in [-0.39, 0.29) is 4.90 Å². The highest BCUT2D eigenvalue weighted by atomic mass is 32.2. The molecular weight excluding hydrogens is 250 g/mol. The Hall–Kier alpha value is -1.11. The summed E-state index contributed by atoms with van der Waals surface area (Å²) in [6, 6.07) is 6.57. The zero-order chi connectivity index (χ0) is 13.4. The second-order valence-corrected chi connectivity index (χ2v) is 5.83. The van der Waals surface area contributed by atoms with Crippen molar-refractivity contribution in [1.29, 1.82) is 0 Å². The van der Waals surface area contributed by atoms with Crippen LogP contribution in [0.25, 0.3) is 0 Å². The largest absolute Gasteiger partial charge is 0.323 e. The molecular formula is C12H21N3O2S. The number of hydrazine groups is 1. The lowest BCUT2D eigenvalue weighted by Crippen LogP contribution is -2.26. The van der Waals surface area contributed by atoms with Gasteiger partial charge in [-0.05, 0) is 18.6 Å². The molecule has 18 heavy (non-hydrogen) atoms. The number of sulfonamides is 1. The van der Waals surface area contributed by atoms with Crippen molar-refractivity contribution in [3.05, 3.63) is 24.3 Å². The van der Waals surface area contributed by atoms with Crippen molar-refractivity contribution in [2.75, 3.05) is 12.0 Å². The number of nitrogens with one attached hydrogen (secondary N) is 2. The highest BCUT2D eigenvalue weighted by molar-refractivity contribution is 7.89. The van der Waals surface area contributed by atoms with Crippen LogP contribution in [0.1, 0.15) is 32.6 Å². The van der Waals surface area contributed by atoms with E-state index >= 15 is 0 Å². The first-order valence-corrected chi connectivity index (χ1v) is 7.65. The predicted octanol–water partition coefficient (Wildman–Crippen LogP) is 1.83. The van der Waals surface area contributed by atoms with Crippen molar-refractivity contribution in [1.82, 2.24) is 4.72 Å². The zero-order valence-corrected chi connectivity index (χ0v) is 11.5. The maximum absolute atomic E-state index is 12.0. The molecule has 1 aromatic rings. The Morgan fingerprint density at radius 1 is 1.17 bits per heavy atom. The summed E-state index contributed by atoms with van der Waals surface area (Å²) in [5.74, 6) is 5.30. The maximum Gasteiger partial charge on any atom is 0.242 e. The van der Waals surface area contributed by atoms with Crippen LogP contribution in [-0.4, -0.2) is 15.0 Å². The quantitative estimate of drug-likeness (QED) is 0.382. The molecule has 0 aliphatic carbocycles. The molecule has 6 heteroatoms. The number of rotatable bonds is 8. The Balaban J connectivity index is 2.63. The Morgan fingerprint density at radius 2 is 1.89 bits per heavy atom. The third-order valence-electron chi connectivity index (χ3n) is 2.65. The fourth-order valence-electron chi connectivity index (χ4n) is 1.66. The van der Waals surface area contributed by atoms with Crippen LogP contribution in [0, 0.1) is 0 Å². The van der Waals surface area contributed by atoms with Crippen LogP contribution in [0.5, 0.6) is 0 Å². The average Bonchev–Trinajstić information content (AvgIpc) is 2.38. The number of hydrogen-bond donors (Lipinski definition) is 3. The fraction of sp³-hybridized carbons (Fsp3) is 0.500. The number of benzene rings is 1. The van der Waals surface area contributed by atoms with E-state index in [9.17, 15) is 8.42 Å². The lowest BCUT2D eigenvalue weighted by molar-refractivity contribution is 0.574. The van der Waals surface area contributed by atoms with Gasteiger partial charge in [0.05, 0.1) is 5.69 Å². The first-order chi connectivity index (χ1) is 8.61. The molecule has 0 aromatic heterocycles. The molecule has 0 atom stereocenters. The molecule has 0 fully saturated rings. The molecule has 1 aromatic carbocycles. The van der Waals surface area contributed by atoms with Crippen molar-refractivity contribution in [2.45, 2.75) is 37.5 Å². The number of nitrogen functional groups attached to an aromatic ring is 1. The number of anilines is 1. The molecule has 0 aliphatic heterocycles. The van der Waals surface area contributed by atoms with Crippen molar-refractivity contribution in [3.63, 3.8) is 0 Å². The van der Waals surface area contributed by atoms with E-state index in [0.29, 0.717) is 12.2 Å². The van der Waals surface area contributed by atoms with Crippen LogP contribution in [0.15, 0.2) is 29.2 Å². The predicted molar refractivity (Wildman–Crippen MR) is 73.6 cm³/mol. The summed E-state index contributed by atoms with van der Waals surface area (Å²) in [6.45, 7) is 2.58. The average molecular weight is 271 g/mol. The molecule has 0 radical (unpaired) electrons. The highest BCUT2D eigenvalue weighted by Crippen LogP contribution is 2.19. The van der Waals surface area contributed by atoms with Crippen molar-refractivity contribution >= 4 is 15.7 Å². The Labute approximate surface area is 109 Å². The van der Waals surface area contributed by atoms with Crippen LogP contribution in [-0.2, 0) is 10.0 Å². The van der Waals surface area contributed by atoms with Crippen LogP contribution in [0.4, 0.5) is 5.69 Å². The van der Waals surface area contributed by atoms with E-state index < -0.39 is 10.0 Å². The van der Waals surface area contributed by atoms with Crippen LogP contribution >= 0.6 is 0 Å². The fourth-order valence-corrected chi connectivity index (χ4v) is 2.90. The maximum atomic E-state index is 12.0. The van der Waals surface area contributed by atoms with E-state index in [2.05, 4.69) is 17.1 Å². The van der Waals surface area contributed by atoms with Gasteiger partial charge in [0.25, 0.3) is 0 Å². The summed E-state index contributed by atoms with van der Waals surface area (Å²) in [4.78, 5) is 0.183. The van der Waals surface area contributed by atoms with Gasteiger partial charge in [-0.2, -0.15) is 0 Å². The number of hydrogen-bond acceptors (Lipinski definition) is 4. The lowest BCUT2D eigenvalue weighted by atomic mass is 10.2. The van der Waals surface area contributed by atoms with Crippen molar-refractivity contribution in [3.8, 4) is 0 Å². The molecule has 0 aliphatic rings. The van der Waals surface area contributed by atoms with Gasteiger partial charge in [-0.1, -0.05) is 38.3 Å². The molecule has 4 N–H and O–H groups in total. The first-order valence-electron chi connectivity index (χ1n) is 6.17. The van der Waals surface area contributed by atoms with Gasteiger partial charge in [-0.25, -0.2) is 13.1 Å². The normalized spacial score (nSPS) is 11.4. The van der Waals surface area contributed by atoms with Gasteiger partial charge in [0.2, 0.25) is 10.0 Å². The molecule has 5 nitrogen and oxygen atoms in total. The molecule has 0 spiro atoms. The Morgan fingerprint density at radius 3 is 2.56 bits per heavy atom. The Bertz CT molecular complexity index is 460. The third-order valence-corrected chi connectivity index (χ3v) is 4.17. The number of nitrogens with two attached hydrogens (primary N) is 1. The molecule has 0 amide bonds. The van der Waals surface area contributed by atoms with Gasteiger partial charge >= 0.3 is 0 Å². The number of para-hydroxylation sites is 1. The summed E-state index contributed by atoms with van der Waals surface area (Å²) in [5.41, 5.74) is 2.79. The Kier molecular flexibility index (Phi) is 6.11. The molecule has 1 rings (SSSR count). The van der Waals surface area contributed by atoms with Gasteiger partial charge in [-0.15, -0.1) is 0 Å². The second kappa shape index (κ2) is 7.35. The van der Waals surface area contributed by atoms with E-state index in [0.717, 1.165) is 25.7 Å². The SMILES string of the molecule is CCCCCCNS(=O)(=O)c1ccccc1NN. The molecule has 0 heterocycles. The van der Waals surface area contributed by atoms with E-state index in [1.54, 1.807) is 18.2 Å². The molecule has 0 saturated heterocycles. The lowest BCUT2D eigenvalue weighted by Gasteiger charge is -2.10. The molecule has 0 saturated carbocycles. The summed E-state index contributed by atoms with van der Waals surface area (Å²) < 4.78 is 26.7. The van der Waals surface area contributed by atoms with Crippen molar-refractivity contribution in [2.24, 2.45) is 5.84 Å². The zero-order valence-electron chi connectivity index (χ0n) is 10.6. The third kappa shape index (κ3) is 4.29. The van der Waals surface area contributed by atoms with Gasteiger partial charge in [0, 0.05) is 6.54 Å². The summed E-state index contributed by atoms with van der Waals surface area (Å²) in [6.07, 6.45) is 4.15.